The Morgan fingerprint density at radius 2 is 1.86 bits per heavy atom. The number of anilines is 1. The summed E-state index contributed by atoms with van der Waals surface area (Å²) in [4.78, 5) is 15.8. The molecule has 0 bridgehead atoms. The number of sulfone groups is 1. The third-order valence-electron chi connectivity index (χ3n) is 2.83. The largest absolute Gasteiger partial charge is 0.326 e. The minimum Gasteiger partial charge on any atom is -0.326 e. The fourth-order valence-corrected chi connectivity index (χ4v) is 2.23. The van der Waals surface area contributed by atoms with Gasteiger partial charge in [-0.1, -0.05) is 12.1 Å². The summed E-state index contributed by atoms with van der Waals surface area (Å²) in [5, 5.41) is 2.61. The van der Waals surface area contributed by atoms with E-state index in [-0.39, 0.29) is 10.9 Å². The molecule has 0 saturated heterocycles. The number of nitrogens with one attached hydrogen (secondary N) is 1. The molecule has 0 unspecified atom stereocenters. The number of hydrogen-bond donors (Lipinski definition) is 2. The second-order valence-electron chi connectivity index (χ2n) is 4.51. The molecule has 1 amide bonds. The van der Waals surface area contributed by atoms with Gasteiger partial charge in [0.25, 0.3) is 5.91 Å². The number of carbonyl (C=O) groups is 1. The Balaban J connectivity index is 2.12. The van der Waals surface area contributed by atoms with Crippen molar-refractivity contribution in [1.29, 1.82) is 0 Å². The van der Waals surface area contributed by atoms with E-state index in [9.17, 15) is 13.2 Å². The smallest absolute Gasteiger partial charge is 0.255 e. The van der Waals surface area contributed by atoms with Crippen molar-refractivity contribution in [3.8, 4) is 0 Å². The van der Waals surface area contributed by atoms with Crippen LogP contribution in [-0.4, -0.2) is 25.6 Å². The molecule has 1 heterocycles. The Morgan fingerprint density at radius 1 is 1.19 bits per heavy atom. The molecule has 0 atom stereocenters. The van der Waals surface area contributed by atoms with Crippen LogP contribution in [0.4, 0.5) is 5.69 Å². The summed E-state index contributed by atoms with van der Waals surface area (Å²) < 4.78 is 22.6. The van der Waals surface area contributed by atoms with Crippen LogP contribution in [0.5, 0.6) is 0 Å². The predicted octanol–water partition coefficient (Wildman–Crippen LogP) is 1.20. The van der Waals surface area contributed by atoms with Gasteiger partial charge in [-0.15, -0.1) is 0 Å². The molecule has 21 heavy (non-hydrogen) atoms. The number of rotatable bonds is 4. The van der Waals surface area contributed by atoms with Gasteiger partial charge < -0.3 is 11.1 Å². The van der Waals surface area contributed by atoms with Gasteiger partial charge in [-0.2, -0.15) is 0 Å². The highest BCUT2D eigenvalue weighted by Gasteiger charge is 2.10. The summed E-state index contributed by atoms with van der Waals surface area (Å²) >= 11 is 0. The van der Waals surface area contributed by atoms with Crippen LogP contribution in [0.2, 0.25) is 0 Å². The van der Waals surface area contributed by atoms with Gasteiger partial charge in [0, 0.05) is 18.4 Å². The predicted molar refractivity (Wildman–Crippen MR) is 79.6 cm³/mol. The molecule has 1 aromatic carbocycles. The first-order valence-electron chi connectivity index (χ1n) is 6.16. The minimum absolute atomic E-state index is 0.0344. The number of benzene rings is 1. The van der Waals surface area contributed by atoms with E-state index in [2.05, 4.69) is 10.3 Å². The molecular formula is C14H15N3O3S. The summed E-state index contributed by atoms with van der Waals surface area (Å²) in [5.74, 6) is -0.299. The molecule has 0 saturated carbocycles. The van der Waals surface area contributed by atoms with Crippen molar-refractivity contribution in [2.75, 3.05) is 11.6 Å². The minimum atomic E-state index is -3.34. The lowest BCUT2D eigenvalue weighted by molar-refractivity contribution is 0.102. The van der Waals surface area contributed by atoms with Gasteiger partial charge >= 0.3 is 0 Å². The number of nitrogens with zero attached hydrogens (tertiary/aromatic N) is 1. The molecule has 1 aromatic heterocycles. The van der Waals surface area contributed by atoms with Crippen molar-refractivity contribution in [1.82, 2.24) is 4.98 Å². The van der Waals surface area contributed by atoms with E-state index >= 15 is 0 Å². The van der Waals surface area contributed by atoms with Crippen molar-refractivity contribution >= 4 is 21.4 Å². The molecule has 0 aliphatic rings. The maximum atomic E-state index is 12.0. The summed E-state index contributed by atoms with van der Waals surface area (Å²) in [6.07, 6.45) is 2.38. The number of nitrogens with two attached hydrogens (primary N) is 1. The van der Waals surface area contributed by atoms with Gasteiger partial charge in [-0.3, -0.25) is 4.79 Å². The highest BCUT2D eigenvalue weighted by molar-refractivity contribution is 7.90. The second-order valence-corrected chi connectivity index (χ2v) is 6.48. The van der Waals surface area contributed by atoms with Crippen LogP contribution in [0.3, 0.4) is 0 Å². The molecule has 0 spiro atoms. The number of aromatic nitrogens is 1. The Morgan fingerprint density at radius 3 is 2.33 bits per heavy atom. The Hall–Kier alpha value is -2.25. The molecule has 0 radical (unpaired) electrons. The normalized spacial score (nSPS) is 11.1. The Labute approximate surface area is 122 Å². The number of hydrogen-bond acceptors (Lipinski definition) is 5. The second kappa shape index (κ2) is 6.02. The van der Waals surface area contributed by atoms with Crippen molar-refractivity contribution in [2.45, 2.75) is 11.6 Å². The quantitative estimate of drug-likeness (QED) is 0.883. The number of pyridine rings is 1. The van der Waals surface area contributed by atoms with Crippen molar-refractivity contribution in [3.63, 3.8) is 0 Å². The average molecular weight is 305 g/mol. The zero-order valence-electron chi connectivity index (χ0n) is 11.4. The SMILES string of the molecule is CS(=O)(=O)c1ccc(NC(=O)c2ccc(CN)cc2)cn1. The maximum absolute atomic E-state index is 12.0. The van der Waals surface area contributed by atoms with Crippen LogP contribution < -0.4 is 11.1 Å². The molecule has 0 fully saturated rings. The van der Waals surface area contributed by atoms with E-state index in [1.165, 1.54) is 18.3 Å². The van der Waals surface area contributed by atoms with Crippen LogP contribution in [0.15, 0.2) is 47.6 Å². The molecule has 0 aliphatic heterocycles. The van der Waals surface area contributed by atoms with Crippen LogP contribution in [0, 0.1) is 0 Å². The maximum Gasteiger partial charge on any atom is 0.255 e. The van der Waals surface area contributed by atoms with Crippen LogP contribution >= 0.6 is 0 Å². The van der Waals surface area contributed by atoms with Crippen LogP contribution in [0.1, 0.15) is 15.9 Å². The molecule has 110 valence electrons. The van der Waals surface area contributed by atoms with Crippen molar-refractivity contribution < 1.29 is 13.2 Å². The zero-order chi connectivity index (χ0) is 15.5. The van der Waals surface area contributed by atoms with Gasteiger partial charge in [0.05, 0.1) is 11.9 Å². The first-order chi connectivity index (χ1) is 9.90. The van der Waals surface area contributed by atoms with Gasteiger partial charge in [0.1, 0.15) is 0 Å². The van der Waals surface area contributed by atoms with Crippen LogP contribution in [0.25, 0.3) is 0 Å². The van der Waals surface area contributed by atoms with Gasteiger partial charge in [-0.05, 0) is 29.8 Å². The molecule has 2 rings (SSSR count). The van der Waals surface area contributed by atoms with E-state index < -0.39 is 9.84 Å². The van der Waals surface area contributed by atoms with Gasteiger partial charge in [0.15, 0.2) is 14.9 Å². The van der Waals surface area contributed by atoms with Crippen molar-refractivity contribution in [3.05, 3.63) is 53.7 Å². The molecule has 2 aromatic rings. The van der Waals surface area contributed by atoms with Crippen molar-refractivity contribution in [2.24, 2.45) is 5.73 Å². The highest BCUT2D eigenvalue weighted by Crippen LogP contribution is 2.12. The van der Waals surface area contributed by atoms with E-state index in [0.29, 0.717) is 17.8 Å². The molecule has 6 nitrogen and oxygen atoms in total. The topological polar surface area (TPSA) is 102 Å². The lowest BCUT2D eigenvalue weighted by atomic mass is 10.1. The number of amides is 1. The Bertz CT molecular complexity index is 738. The third kappa shape index (κ3) is 3.87. The van der Waals surface area contributed by atoms with E-state index in [1.807, 2.05) is 0 Å². The average Bonchev–Trinajstić information content (AvgIpc) is 2.47. The zero-order valence-corrected chi connectivity index (χ0v) is 12.2. The molecule has 0 aliphatic carbocycles. The lowest BCUT2D eigenvalue weighted by Gasteiger charge is -2.06. The molecule has 3 N–H and O–H groups in total. The summed E-state index contributed by atoms with van der Waals surface area (Å²) in [5.41, 5.74) is 7.34. The van der Waals surface area contributed by atoms with E-state index in [1.54, 1.807) is 24.3 Å². The first kappa shape index (κ1) is 15.1. The third-order valence-corrected chi connectivity index (χ3v) is 3.83. The first-order valence-corrected chi connectivity index (χ1v) is 8.06. The summed E-state index contributed by atoms with van der Waals surface area (Å²) in [7, 11) is -3.34. The van der Waals surface area contributed by atoms with Crippen LogP contribution in [-0.2, 0) is 16.4 Å². The standard InChI is InChI=1S/C14H15N3O3S/c1-21(19,20)13-7-6-12(9-16-13)17-14(18)11-4-2-10(8-15)3-5-11/h2-7,9H,8,15H2,1H3,(H,17,18). The monoisotopic (exact) mass is 305 g/mol. The van der Waals surface area contributed by atoms with Gasteiger partial charge in [-0.25, -0.2) is 13.4 Å². The fourth-order valence-electron chi connectivity index (χ4n) is 1.67. The summed E-state index contributed by atoms with van der Waals surface area (Å²) in [6.45, 7) is 0.415. The lowest BCUT2D eigenvalue weighted by Crippen LogP contribution is -2.12. The van der Waals surface area contributed by atoms with E-state index in [4.69, 9.17) is 5.73 Å². The highest BCUT2D eigenvalue weighted by atomic mass is 32.2. The number of carbonyl (C=O) groups excluding carboxylic acids is 1. The molecule has 7 heteroatoms. The van der Waals surface area contributed by atoms with E-state index in [0.717, 1.165) is 11.8 Å². The Kier molecular flexibility index (Phi) is 4.35. The molecular weight excluding hydrogens is 290 g/mol. The summed E-state index contributed by atoms with van der Waals surface area (Å²) in [6, 6.07) is 9.75. The van der Waals surface area contributed by atoms with Gasteiger partial charge in [0.2, 0.25) is 0 Å². The fraction of sp³-hybridized carbons (Fsp3) is 0.143.